The van der Waals surface area contributed by atoms with Gasteiger partial charge in [-0.2, -0.15) is 0 Å². The van der Waals surface area contributed by atoms with Crippen LogP contribution in [0, 0.1) is 0 Å². The minimum absolute atomic E-state index is 0.243. The second kappa shape index (κ2) is 10.8. The molecule has 2 aromatic carbocycles. The van der Waals surface area contributed by atoms with Crippen LogP contribution in [-0.2, 0) is 20.7 Å². The number of hydrogen-bond donors (Lipinski definition) is 1. The molecule has 6 heteroatoms. The van der Waals surface area contributed by atoms with Crippen LogP contribution in [-0.4, -0.2) is 38.7 Å². The summed E-state index contributed by atoms with van der Waals surface area (Å²) in [6.07, 6.45) is 3.63. The molecule has 6 nitrogen and oxygen atoms in total. The van der Waals surface area contributed by atoms with Gasteiger partial charge in [0.05, 0.1) is 20.8 Å². The van der Waals surface area contributed by atoms with Crippen LogP contribution in [0.3, 0.4) is 0 Å². The molecule has 0 heterocycles. The van der Waals surface area contributed by atoms with E-state index in [9.17, 15) is 9.59 Å². The summed E-state index contributed by atoms with van der Waals surface area (Å²) < 4.78 is 15.4. The van der Waals surface area contributed by atoms with Crippen molar-refractivity contribution >= 4 is 18.0 Å². The van der Waals surface area contributed by atoms with E-state index in [1.807, 2.05) is 36.4 Å². The summed E-state index contributed by atoms with van der Waals surface area (Å²) >= 11 is 0. The fourth-order valence-corrected chi connectivity index (χ4v) is 2.39. The van der Waals surface area contributed by atoms with Crippen molar-refractivity contribution in [1.29, 1.82) is 0 Å². The summed E-state index contributed by atoms with van der Waals surface area (Å²) in [6, 6.07) is 14.1. The lowest BCUT2D eigenvalue weighted by molar-refractivity contribution is -0.146. The molecule has 0 aliphatic carbocycles. The number of carbonyl (C=O) groups excluding carboxylic acids is 2. The van der Waals surface area contributed by atoms with Crippen LogP contribution in [0.1, 0.15) is 18.1 Å². The average molecular weight is 383 g/mol. The Kier molecular flexibility index (Phi) is 8.09. The SMILES string of the molecule is COc1ccc(/C=C/C(=O)N[C@@H](C)C(=O)OCCc2ccc(OC)cc2)cc1. The molecule has 0 spiro atoms. The number of ether oxygens (including phenoxy) is 3. The number of benzene rings is 2. The molecule has 0 aliphatic heterocycles. The monoisotopic (exact) mass is 383 g/mol. The van der Waals surface area contributed by atoms with Gasteiger partial charge in [0.15, 0.2) is 0 Å². The molecular weight excluding hydrogens is 358 g/mol. The summed E-state index contributed by atoms with van der Waals surface area (Å²) in [4.78, 5) is 24.0. The highest BCUT2D eigenvalue weighted by Crippen LogP contribution is 2.13. The van der Waals surface area contributed by atoms with Gasteiger partial charge in [0.2, 0.25) is 5.91 Å². The molecule has 0 aromatic heterocycles. The van der Waals surface area contributed by atoms with Gasteiger partial charge in [-0.25, -0.2) is 4.79 Å². The van der Waals surface area contributed by atoms with Crippen LogP contribution in [0.2, 0.25) is 0 Å². The number of esters is 1. The summed E-state index contributed by atoms with van der Waals surface area (Å²) in [5.41, 5.74) is 1.89. The highest BCUT2D eigenvalue weighted by Gasteiger charge is 2.15. The average Bonchev–Trinajstić information content (AvgIpc) is 2.73. The highest BCUT2D eigenvalue weighted by atomic mass is 16.5. The number of nitrogens with one attached hydrogen (secondary N) is 1. The Morgan fingerprint density at radius 2 is 1.54 bits per heavy atom. The number of carbonyl (C=O) groups is 2. The van der Waals surface area contributed by atoms with E-state index in [0.717, 1.165) is 22.6 Å². The van der Waals surface area contributed by atoms with E-state index >= 15 is 0 Å². The highest BCUT2D eigenvalue weighted by molar-refractivity contribution is 5.94. The van der Waals surface area contributed by atoms with Gasteiger partial charge < -0.3 is 19.5 Å². The predicted molar refractivity (Wildman–Crippen MR) is 107 cm³/mol. The molecule has 0 saturated carbocycles. The van der Waals surface area contributed by atoms with Crippen LogP contribution in [0.4, 0.5) is 0 Å². The van der Waals surface area contributed by atoms with E-state index in [0.29, 0.717) is 6.42 Å². The topological polar surface area (TPSA) is 73.9 Å². The number of methoxy groups -OCH3 is 2. The van der Waals surface area contributed by atoms with Crippen LogP contribution in [0.15, 0.2) is 54.6 Å². The first kappa shape index (κ1) is 21.0. The molecule has 0 saturated heterocycles. The Morgan fingerprint density at radius 3 is 2.11 bits per heavy atom. The van der Waals surface area contributed by atoms with Gasteiger partial charge in [-0.1, -0.05) is 24.3 Å². The first-order valence-electron chi connectivity index (χ1n) is 8.94. The largest absolute Gasteiger partial charge is 0.497 e. The van der Waals surface area contributed by atoms with Gasteiger partial charge in [0.1, 0.15) is 17.5 Å². The predicted octanol–water partition coefficient (Wildman–Crippen LogP) is 3.01. The maximum absolute atomic E-state index is 12.0. The van der Waals surface area contributed by atoms with Gasteiger partial charge in [-0.3, -0.25) is 4.79 Å². The zero-order chi connectivity index (χ0) is 20.4. The molecule has 0 radical (unpaired) electrons. The van der Waals surface area contributed by atoms with Gasteiger partial charge in [-0.15, -0.1) is 0 Å². The first-order chi connectivity index (χ1) is 13.5. The minimum Gasteiger partial charge on any atom is -0.497 e. The Balaban J connectivity index is 1.73. The van der Waals surface area contributed by atoms with Gasteiger partial charge in [0.25, 0.3) is 0 Å². The van der Waals surface area contributed by atoms with Crippen molar-refractivity contribution < 1.29 is 23.8 Å². The Bertz CT molecular complexity index is 797. The Morgan fingerprint density at radius 1 is 0.964 bits per heavy atom. The molecule has 28 heavy (non-hydrogen) atoms. The molecule has 2 aromatic rings. The number of rotatable bonds is 9. The maximum atomic E-state index is 12.0. The molecule has 0 aliphatic rings. The first-order valence-corrected chi connectivity index (χ1v) is 8.94. The van der Waals surface area contributed by atoms with Crippen LogP contribution in [0.5, 0.6) is 11.5 Å². The van der Waals surface area contributed by atoms with Crippen molar-refractivity contribution in [2.75, 3.05) is 20.8 Å². The van der Waals surface area contributed by atoms with E-state index in [4.69, 9.17) is 14.2 Å². The lowest BCUT2D eigenvalue weighted by Gasteiger charge is -2.12. The standard InChI is InChI=1S/C22H25NO5/c1-16(22(25)28-15-14-18-6-11-20(27-3)12-7-18)23-21(24)13-8-17-4-9-19(26-2)10-5-17/h4-13,16H,14-15H2,1-3H3,(H,23,24)/b13-8+/t16-/m0/s1. The van der Waals surface area contributed by atoms with E-state index in [1.54, 1.807) is 39.4 Å². The summed E-state index contributed by atoms with van der Waals surface area (Å²) in [6.45, 7) is 1.84. The molecule has 148 valence electrons. The second-order valence-electron chi connectivity index (χ2n) is 6.10. The van der Waals surface area contributed by atoms with Gasteiger partial charge >= 0.3 is 5.97 Å². The van der Waals surface area contributed by atoms with E-state index in [2.05, 4.69) is 5.32 Å². The van der Waals surface area contributed by atoms with Crippen LogP contribution in [0.25, 0.3) is 6.08 Å². The molecule has 0 bridgehead atoms. The second-order valence-corrected chi connectivity index (χ2v) is 6.10. The molecule has 1 atom stereocenters. The third-order valence-electron chi connectivity index (χ3n) is 4.05. The van der Waals surface area contributed by atoms with E-state index in [-0.39, 0.29) is 12.5 Å². The number of hydrogen-bond acceptors (Lipinski definition) is 5. The summed E-state index contributed by atoms with van der Waals surface area (Å²) in [5, 5.41) is 2.59. The molecule has 1 N–H and O–H groups in total. The van der Waals surface area contributed by atoms with Crippen molar-refractivity contribution in [3.63, 3.8) is 0 Å². The quantitative estimate of drug-likeness (QED) is 0.532. The van der Waals surface area contributed by atoms with Crippen molar-refractivity contribution in [3.05, 3.63) is 65.7 Å². The smallest absolute Gasteiger partial charge is 0.328 e. The molecule has 0 fully saturated rings. The molecule has 2 rings (SSSR count). The lowest BCUT2D eigenvalue weighted by Crippen LogP contribution is -2.38. The zero-order valence-corrected chi connectivity index (χ0v) is 16.3. The van der Waals surface area contributed by atoms with Crippen molar-refractivity contribution in [3.8, 4) is 11.5 Å². The summed E-state index contributed by atoms with van der Waals surface area (Å²) in [5.74, 6) is 0.683. The normalized spacial score (nSPS) is 11.7. The third kappa shape index (κ3) is 6.79. The van der Waals surface area contributed by atoms with Crippen LogP contribution >= 0.6 is 0 Å². The third-order valence-corrected chi connectivity index (χ3v) is 4.05. The lowest BCUT2D eigenvalue weighted by atomic mass is 10.1. The van der Waals surface area contributed by atoms with Gasteiger partial charge in [0, 0.05) is 12.5 Å². The number of amides is 1. The maximum Gasteiger partial charge on any atom is 0.328 e. The summed E-state index contributed by atoms with van der Waals surface area (Å²) in [7, 11) is 3.20. The zero-order valence-electron chi connectivity index (χ0n) is 16.3. The van der Waals surface area contributed by atoms with Crippen molar-refractivity contribution in [2.24, 2.45) is 0 Å². The van der Waals surface area contributed by atoms with E-state index in [1.165, 1.54) is 6.08 Å². The fourth-order valence-electron chi connectivity index (χ4n) is 2.39. The minimum atomic E-state index is -0.733. The van der Waals surface area contributed by atoms with Crippen molar-refractivity contribution in [2.45, 2.75) is 19.4 Å². The Labute approximate surface area is 165 Å². The Hall–Kier alpha value is -3.28. The van der Waals surface area contributed by atoms with E-state index < -0.39 is 12.0 Å². The fraction of sp³-hybridized carbons (Fsp3) is 0.273. The molecule has 1 amide bonds. The molecular formula is C22H25NO5. The van der Waals surface area contributed by atoms with Crippen LogP contribution < -0.4 is 14.8 Å². The van der Waals surface area contributed by atoms with Gasteiger partial charge in [-0.05, 0) is 48.4 Å². The molecule has 0 unspecified atom stereocenters. The van der Waals surface area contributed by atoms with Crippen molar-refractivity contribution in [1.82, 2.24) is 5.32 Å².